The maximum absolute atomic E-state index is 13.5. The fraction of sp³-hybridized carbons (Fsp3) is 0. The molecule has 126 valence electrons. The Morgan fingerprint density at radius 1 is 1.04 bits per heavy atom. The van der Waals surface area contributed by atoms with E-state index < -0.39 is 11.7 Å². The predicted molar refractivity (Wildman–Crippen MR) is 96.8 cm³/mol. The lowest BCUT2D eigenvalue weighted by atomic mass is 10.3. The fourth-order valence-electron chi connectivity index (χ4n) is 2.06. The topological polar surface area (TPSA) is 71.0 Å². The first-order valence-electron chi connectivity index (χ1n) is 7.35. The van der Waals surface area contributed by atoms with Gasteiger partial charge < -0.3 is 5.32 Å². The van der Waals surface area contributed by atoms with Gasteiger partial charge in [0.15, 0.2) is 5.11 Å². The number of anilines is 1. The van der Waals surface area contributed by atoms with E-state index in [-0.39, 0.29) is 10.8 Å². The second-order valence-electron chi connectivity index (χ2n) is 5.02. The number of nitrogens with one attached hydrogen (secondary N) is 3. The average Bonchev–Trinajstić information content (AvgIpc) is 3.13. The van der Waals surface area contributed by atoms with E-state index in [9.17, 15) is 9.18 Å². The lowest BCUT2D eigenvalue weighted by Crippen LogP contribution is -2.43. The molecule has 0 fully saturated rings. The molecule has 0 aliphatic rings. The van der Waals surface area contributed by atoms with E-state index >= 15 is 0 Å². The number of benzene rings is 2. The molecular weight excluding hydrogens is 341 g/mol. The molecule has 1 aromatic heterocycles. The summed E-state index contributed by atoms with van der Waals surface area (Å²) in [7, 11) is 0. The Labute approximate surface area is 148 Å². The highest BCUT2D eigenvalue weighted by Gasteiger charge is 2.10. The van der Waals surface area contributed by atoms with Gasteiger partial charge in [0.1, 0.15) is 5.82 Å². The standard InChI is InChI=1S/C17H14FN5OS/c18-14-8-4-5-9-15(14)20-17(25)22-21-16(24)12-10-19-23(11-12)13-6-2-1-3-7-13/h1-11H,(H,21,24)(H2,20,22,25). The van der Waals surface area contributed by atoms with Crippen molar-refractivity contribution in [1.29, 1.82) is 0 Å². The zero-order valence-corrected chi connectivity index (χ0v) is 13.8. The summed E-state index contributed by atoms with van der Waals surface area (Å²) in [6.45, 7) is 0. The van der Waals surface area contributed by atoms with Crippen molar-refractivity contribution in [2.24, 2.45) is 0 Å². The molecule has 3 rings (SSSR count). The van der Waals surface area contributed by atoms with E-state index in [4.69, 9.17) is 12.2 Å². The minimum absolute atomic E-state index is 0.0638. The van der Waals surface area contributed by atoms with Crippen molar-refractivity contribution in [2.45, 2.75) is 0 Å². The molecule has 0 aliphatic carbocycles. The van der Waals surface area contributed by atoms with Crippen molar-refractivity contribution < 1.29 is 9.18 Å². The number of halogens is 1. The third-order valence-electron chi connectivity index (χ3n) is 3.28. The van der Waals surface area contributed by atoms with Crippen LogP contribution in [0.3, 0.4) is 0 Å². The van der Waals surface area contributed by atoms with E-state index in [1.165, 1.54) is 18.3 Å². The highest BCUT2D eigenvalue weighted by molar-refractivity contribution is 7.80. The van der Waals surface area contributed by atoms with Crippen molar-refractivity contribution in [3.63, 3.8) is 0 Å². The Morgan fingerprint density at radius 2 is 1.76 bits per heavy atom. The molecule has 25 heavy (non-hydrogen) atoms. The zero-order valence-electron chi connectivity index (χ0n) is 12.9. The lowest BCUT2D eigenvalue weighted by molar-refractivity contribution is 0.0944. The van der Waals surface area contributed by atoms with Crippen LogP contribution in [0.1, 0.15) is 10.4 Å². The number of para-hydroxylation sites is 2. The van der Waals surface area contributed by atoms with Gasteiger partial charge in [0.05, 0.1) is 23.1 Å². The highest BCUT2D eigenvalue weighted by Crippen LogP contribution is 2.12. The molecule has 2 aromatic carbocycles. The molecule has 3 N–H and O–H groups in total. The molecule has 0 radical (unpaired) electrons. The number of hydrogen-bond donors (Lipinski definition) is 3. The van der Waals surface area contributed by atoms with Gasteiger partial charge in [0.25, 0.3) is 5.91 Å². The molecule has 1 heterocycles. The van der Waals surface area contributed by atoms with Gasteiger partial charge in [-0.2, -0.15) is 5.10 Å². The number of rotatable bonds is 3. The van der Waals surface area contributed by atoms with Crippen molar-refractivity contribution in [3.8, 4) is 5.69 Å². The molecule has 8 heteroatoms. The van der Waals surface area contributed by atoms with Gasteiger partial charge in [-0.05, 0) is 36.5 Å². The van der Waals surface area contributed by atoms with Gasteiger partial charge in [-0.3, -0.25) is 15.6 Å². The number of amides is 1. The number of hydrogen-bond acceptors (Lipinski definition) is 3. The normalized spacial score (nSPS) is 10.1. The largest absolute Gasteiger partial charge is 0.329 e. The summed E-state index contributed by atoms with van der Waals surface area (Å²) in [6.07, 6.45) is 3.04. The van der Waals surface area contributed by atoms with Crippen molar-refractivity contribution in [2.75, 3.05) is 5.32 Å². The number of carbonyl (C=O) groups is 1. The number of thiocarbonyl (C=S) groups is 1. The van der Waals surface area contributed by atoms with Gasteiger partial charge in [-0.25, -0.2) is 9.07 Å². The Morgan fingerprint density at radius 3 is 2.52 bits per heavy atom. The van der Waals surface area contributed by atoms with Crippen LogP contribution < -0.4 is 16.2 Å². The molecule has 0 aliphatic heterocycles. The molecule has 0 atom stereocenters. The van der Waals surface area contributed by atoms with Crippen molar-refractivity contribution in [3.05, 3.63) is 78.4 Å². The molecule has 0 spiro atoms. The SMILES string of the molecule is O=C(NNC(=S)Nc1ccccc1F)c1cnn(-c2ccccc2)c1. The Hall–Kier alpha value is -3.26. The molecule has 0 unspecified atom stereocenters. The molecule has 0 bridgehead atoms. The van der Waals surface area contributed by atoms with Gasteiger partial charge in [-0.1, -0.05) is 30.3 Å². The van der Waals surface area contributed by atoms with Crippen LogP contribution in [0.4, 0.5) is 10.1 Å². The van der Waals surface area contributed by atoms with Gasteiger partial charge >= 0.3 is 0 Å². The van der Waals surface area contributed by atoms with Gasteiger partial charge in [0, 0.05) is 6.20 Å². The summed E-state index contributed by atoms with van der Waals surface area (Å²) in [4.78, 5) is 12.1. The van der Waals surface area contributed by atoms with Crippen LogP contribution in [0, 0.1) is 5.82 Å². The quantitative estimate of drug-likeness (QED) is 0.498. The average molecular weight is 355 g/mol. The first-order valence-corrected chi connectivity index (χ1v) is 7.76. The molecule has 3 aromatic rings. The van der Waals surface area contributed by atoms with E-state index in [0.717, 1.165) is 5.69 Å². The van der Waals surface area contributed by atoms with Crippen LogP contribution in [-0.4, -0.2) is 20.8 Å². The van der Waals surface area contributed by atoms with Crippen LogP contribution >= 0.6 is 12.2 Å². The summed E-state index contributed by atoms with van der Waals surface area (Å²) in [5, 5.41) is 6.87. The van der Waals surface area contributed by atoms with Crippen LogP contribution in [0.5, 0.6) is 0 Å². The molecule has 0 saturated carbocycles. The first-order chi connectivity index (χ1) is 12.1. The highest BCUT2D eigenvalue weighted by atomic mass is 32.1. The van der Waals surface area contributed by atoms with Crippen molar-refractivity contribution in [1.82, 2.24) is 20.6 Å². The third kappa shape index (κ3) is 4.18. The number of carbonyl (C=O) groups excluding carboxylic acids is 1. The third-order valence-corrected chi connectivity index (χ3v) is 3.48. The summed E-state index contributed by atoms with van der Waals surface area (Å²) in [5.74, 6) is -0.859. The smallest absolute Gasteiger partial charge is 0.272 e. The molecule has 0 saturated heterocycles. The maximum Gasteiger partial charge on any atom is 0.272 e. The van der Waals surface area contributed by atoms with Crippen LogP contribution in [0.2, 0.25) is 0 Å². The fourth-order valence-corrected chi connectivity index (χ4v) is 2.22. The van der Waals surface area contributed by atoms with Gasteiger partial charge in [-0.15, -0.1) is 0 Å². The van der Waals surface area contributed by atoms with E-state index in [1.807, 2.05) is 30.3 Å². The summed E-state index contributed by atoms with van der Waals surface area (Å²) in [5.41, 5.74) is 6.36. The minimum atomic E-state index is -0.442. The molecular formula is C17H14FN5OS. The Kier molecular flexibility index (Phi) is 5.00. The predicted octanol–water partition coefficient (Wildman–Crippen LogP) is 2.64. The van der Waals surface area contributed by atoms with Crippen LogP contribution in [0.15, 0.2) is 67.0 Å². The summed E-state index contributed by atoms with van der Waals surface area (Å²) >= 11 is 5.02. The van der Waals surface area contributed by atoms with Crippen LogP contribution in [0.25, 0.3) is 5.69 Å². The molecule has 6 nitrogen and oxygen atoms in total. The maximum atomic E-state index is 13.5. The summed E-state index contributed by atoms with van der Waals surface area (Å²) < 4.78 is 15.1. The minimum Gasteiger partial charge on any atom is -0.329 e. The van der Waals surface area contributed by atoms with Crippen molar-refractivity contribution >= 4 is 28.9 Å². The summed E-state index contributed by atoms with van der Waals surface area (Å²) in [6, 6.07) is 15.5. The van der Waals surface area contributed by atoms with E-state index in [1.54, 1.807) is 23.0 Å². The van der Waals surface area contributed by atoms with Crippen LogP contribution in [-0.2, 0) is 0 Å². The van der Waals surface area contributed by atoms with Gasteiger partial charge in [0.2, 0.25) is 0 Å². The molecule has 1 amide bonds. The lowest BCUT2D eigenvalue weighted by Gasteiger charge is -2.11. The Bertz CT molecular complexity index is 897. The first kappa shape index (κ1) is 16.6. The zero-order chi connectivity index (χ0) is 17.6. The number of hydrazine groups is 1. The second kappa shape index (κ2) is 7.54. The number of nitrogens with zero attached hydrogens (tertiary/aromatic N) is 2. The Balaban J connectivity index is 1.57. The monoisotopic (exact) mass is 355 g/mol. The van der Waals surface area contributed by atoms with E-state index in [2.05, 4.69) is 21.3 Å². The number of aromatic nitrogens is 2. The second-order valence-corrected chi connectivity index (χ2v) is 5.43. The van der Waals surface area contributed by atoms with E-state index in [0.29, 0.717) is 5.56 Å².